The van der Waals surface area contributed by atoms with Crippen LogP contribution in [0.1, 0.15) is 16.3 Å². The highest BCUT2D eigenvalue weighted by atomic mass is 35.5. The number of furan rings is 1. The van der Waals surface area contributed by atoms with Crippen LogP contribution in [0.2, 0.25) is 5.02 Å². The number of nitro benzene ring substituents is 1. The molecule has 0 bridgehead atoms. The van der Waals surface area contributed by atoms with E-state index in [0.29, 0.717) is 11.4 Å². The molecule has 14 heteroatoms. The van der Waals surface area contributed by atoms with Gasteiger partial charge in [-0.1, -0.05) is 11.6 Å². The Bertz CT molecular complexity index is 1510. The lowest BCUT2D eigenvalue weighted by Gasteiger charge is -2.08. The maximum atomic E-state index is 12.5. The molecule has 0 atom stereocenters. The van der Waals surface area contributed by atoms with Gasteiger partial charge in [0, 0.05) is 30.2 Å². The van der Waals surface area contributed by atoms with Crippen LogP contribution in [-0.4, -0.2) is 29.2 Å². The first-order valence-corrected chi connectivity index (χ1v) is 11.9. The first-order chi connectivity index (χ1) is 17.2. The summed E-state index contributed by atoms with van der Waals surface area (Å²) in [5.74, 6) is -0.120. The van der Waals surface area contributed by atoms with Gasteiger partial charge in [0.05, 0.1) is 14.8 Å². The van der Waals surface area contributed by atoms with Crippen LogP contribution in [-0.2, 0) is 16.6 Å². The number of nitro groups is 1. The van der Waals surface area contributed by atoms with Crippen molar-refractivity contribution < 1.29 is 27.3 Å². The average Bonchev–Trinajstić information content (AvgIpc) is 3.33. The van der Waals surface area contributed by atoms with E-state index in [2.05, 4.69) is 20.0 Å². The molecule has 2 aromatic carbocycles. The fraction of sp³-hybridized carbons (Fsp3) is 0.0455. The normalized spacial score (nSPS) is 11.0. The van der Waals surface area contributed by atoms with Crippen molar-refractivity contribution in [2.24, 2.45) is 0 Å². The number of carbonyl (C=O) groups excluding carboxylic acids is 1. The molecule has 0 radical (unpaired) electrons. The molecule has 0 spiro atoms. The Morgan fingerprint density at radius 1 is 1.08 bits per heavy atom. The topological polar surface area (TPSA) is 167 Å². The second kappa shape index (κ2) is 10.4. The molecule has 2 aromatic heterocycles. The predicted molar refractivity (Wildman–Crippen MR) is 128 cm³/mol. The van der Waals surface area contributed by atoms with Gasteiger partial charge in [-0.3, -0.25) is 14.9 Å². The lowest BCUT2D eigenvalue weighted by Crippen LogP contribution is -2.15. The Kier molecular flexibility index (Phi) is 7.12. The van der Waals surface area contributed by atoms with Crippen LogP contribution >= 0.6 is 11.6 Å². The van der Waals surface area contributed by atoms with Gasteiger partial charge >= 0.3 is 0 Å². The quantitative estimate of drug-likeness (QED) is 0.238. The Balaban J connectivity index is 1.35. The van der Waals surface area contributed by atoms with Gasteiger partial charge in [0.15, 0.2) is 5.76 Å². The molecule has 4 aromatic rings. The molecule has 1 amide bonds. The number of sulfonamides is 1. The van der Waals surface area contributed by atoms with Gasteiger partial charge in [0.25, 0.3) is 21.6 Å². The fourth-order valence-corrected chi connectivity index (χ4v) is 4.08. The maximum absolute atomic E-state index is 12.5. The lowest BCUT2D eigenvalue weighted by atomic mass is 10.3. The Hall–Kier alpha value is -4.49. The van der Waals surface area contributed by atoms with E-state index in [0.717, 1.165) is 0 Å². The van der Waals surface area contributed by atoms with E-state index < -0.39 is 20.9 Å². The molecule has 36 heavy (non-hydrogen) atoms. The first kappa shape index (κ1) is 24.6. The summed E-state index contributed by atoms with van der Waals surface area (Å²) < 4.78 is 38.1. The van der Waals surface area contributed by atoms with E-state index >= 15 is 0 Å². The number of hydrogen-bond acceptors (Lipinski definition) is 9. The van der Waals surface area contributed by atoms with Gasteiger partial charge in [-0.05, 0) is 48.5 Å². The number of anilines is 2. The highest BCUT2D eigenvalue weighted by Crippen LogP contribution is 2.29. The number of aromatic nitrogens is 2. The van der Waals surface area contributed by atoms with Gasteiger partial charge in [-0.15, -0.1) is 0 Å². The standard InChI is InChI=1S/C22H16ClN5O7S/c23-18-12-15(28(30)31)4-8-19(18)34-13-16-5-9-20(35-16)21(29)26-14-2-6-17(7-3-14)36(32,33)27-22-24-10-1-11-25-22/h1-12H,13H2,(H,26,29)(H,24,25,27). The van der Waals surface area contributed by atoms with Crippen molar-refractivity contribution in [1.82, 2.24) is 9.97 Å². The van der Waals surface area contributed by atoms with Crippen molar-refractivity contribution in [2.75, 3.05) is 10.0 Å². The minimum atomic E-state index is -3.91. The van der Waals surface area contributed by atoms with Gasteiger partial charge < -0.3 is 14.5 Å². The molecule has 2 N–H and O–H groups in total. The van der Waals surface area contributed by atoms with Gasteiger partial charge in [-0.25, -0.2) is 23.1 Å². The number of hydrogen-bond donors (Lipinski definition) is 2. The summed E-state index contributed by atoms with van der Waals surface area (Å²) in [4.78, 5) is 30.3. The van der Waals surface area contributed by atoms with E-state index in [9.17, 15) is 23.3 Å². The van der Waals surface area contributed by atoms with Crippen LogP contribution in [0.15, 0.2) is 82.4 Å². The molecule has 12 nitrogen and oxygen atoms in total. The summed E-state index contributed by atoms with van der Waals surface area (Å²) >= 11 is 5.99. The van der Waals surface area contributed by atoms with Crippen molar-refractivity contribution >= 4 is 44.9 Å². The number of ether oxygens (including phenoxy) is 1. The molecular weight excluding hydrogens is 514 g/mol. The van der Waals surface area contributed by atoms with E-state index in [1.807, 2.05) is 0 Å². The molecule has 0 saturated carbocycles. The highest BCUT2D eigenvalue weighted by molar-refractivity contribution is 7.92. The molecule has 184 valence electrons. The number of nitrogens with zero attached hydrogens (tertiary/aromatic N) is 3. The zero-order valence-electron chi connectivity index (χ0n) is 18.1. The van der Waals surface area contributed by atoms with Crippen molar-refractivity contribution in [3.63, 3.8) is 0 Å². The Morgan fingerprint density at radius 3 is 2.47 bits per heavy atom. The summed E-state index contributed by atoms with van der Waals surface area (Å²) in [5, 5.41) is 13.5. The largest absolute Gasteiger partial charge is 0.484 e. The molecule has 0 unspecified atom stereocenters. The number of carbonyl (C=O) groups is 1. The van der Waals surface area contributed by atoms with E-state index in [1.54, 1.807) is 6.07 Å². The Morgan fingerprint density at radius 2 is 1.81 bits per heavy atom. The molecule has 2 heterocycles. The summed E-state index contributed by atoms with van der Waals surface area (Å²) in [5.41, 5.74) is 0.165. The number of rotatable bonds is 9. The minimum absolute atomic E-state index is 0.0111. The maximum Gasteiger partial charge on any atom is 0.291 e. The van der Waals surface area contributed by atoms with E-state index in [-0.39, 0.29) is 39.7 Å². The molecule has 0 fully saturated rings. The summed E-state index contributed by atoms with van der Waals surface area (Å²) in [6.07, 6.45) is 2.81. The van der Waals surface area contributed by atoms with Gasteiger partial charge in [0.1, 0.15) is 18.1 Å². The molecule has 4 rings (SSSR count). The zero-order valence-corrected chi connectivity index (χ0v) is 19.7. The van der Waals surface area contributed by atoms with Crippen LogP contribution in [0.4, 0.5) is 17.3 Å². The third-order valence-corrected chi connectivity index (χ3v) is 6.24. The molecule has 0 aliphatic carbocycles. The van der Waals surface area contributed by atoms with Crippen LogP contribution < -0.4 is 14.8 Å². The van der Waals surface area contributed by atoms with Gasteiger partial charge in [-0.2, -0.15) is 0 Å². The first-order valence-electron chi connectivity index (χ1n) is 10.1. The fourth-order valence-electron chi connectivity index (χ4n) is 2.89. The monoisotopic (exact) mass is 529 g/mol. The van der Waals surface area contributed by atoms with E-state index in [1.165, 1.54) is 67.0 Å². The van der Waals surface area contributed by atoms with Crippen molar-refractivity contribution in [2.45, 2.75) is 11.5 Å². The predicted octanol–water partition coefficient (Wildman–Crippen LogP) is 4.26. The van der Waals surface area contributed by atoms with Crippen molar-refractivity contribution in [3.05, 3.63) is 99.7 Å². The molecule has 0 aliphatic heterocycles. The summed E-state index contributed by atoms with van der Waals surface area (Å²) in [6, 6.07) is 13.8. The van der Waals surface area contributed by atoms with Crippen LogP contribution in [0.3, 0.4) is 0 Å². The average molecular weight is 530 g/mol. The van der Waals surface area contributed by atoms with Crippen molar-refractivity contribution in [1.29, 1.82) is 0 Å². The van der Waals surface area contributed by atoms with Crippen molar-refractivity contribution in [3.8, 4) is 5.75 Å². The third kappa shape index (κ3) is 5.95. The van der Waals surface area contributed by atoms with Crippen LogP contribution in [0.25, 0.3) is 0 Å². The minimum Gasteiger partial charge on any atom is -0.484 e. The molecule has 0 saturated heterocycles. The van der Waals surface area contributed by atoms with E-state index in [4.69, 9.17) is 20.8 Å². The Labute approximate surface area is 209 Å². The van der Waals surface area contributed by atoms with Crippen LogP contribution in [0.5, 0.6) is 5.75 Å². The molecule has 0 aliphatic rings. The number of non-ortho nitro benzene ring substituents is 1. The second-order valence-electron chi connectivity index (χ2n) is 7.08. The summed E-state index contributed by atoms with van der Waals surface area (Å²) in [7, 11) is -3.91. The SMILES string of the molecule is O=C(Nc1ccc(S(=O)(=O)Nc2ncccn2)cc1)c1ccc(COc2ccc([N+](=O)[O-])cc2Cl)o1. The third-order valence-electron chi connectivity index (χ3n) is 4.60. The highest BCUT2D eigenvalue weighted by Gasteiger charge is 2.17. The smallest absolute Gasteiger partial charge is 0.291 e. The number of nitrogens with one attached hydrogen (secondary N) is 2. The lowest BCUT2D eigenvalue weighted by molar-refractivity contribution is -0.384. The zero-order chi connectivity index (χ0) is 25.7. The summed E-state index contributed by atoms with van der Waals surface area (Å²) in [6.45, 7) is -0.0739. The van der Waals surface area contributed by atoms with Crippen LogP contribution in [0, 0.1) is 10.1 Å². The molecular formula is C22H16ClN5O7S. The van der Waals surface area contributed by atoms with Gasteiger partial charge in [0.2, 0.25) is 5.95 Å². The second-order valence-corrected chi connectivity index (χ2v) is 9.17. The number of halogens is 1. The number of amides is 1. The number of benzene rings is 2.